The van der Waals surface area contributed by atoms with Crippen LogP contribution in [0.25, 0.3) is 10.6 Å². The van der Waals surface area contributed by atoms with Crippen molar-refractivity contribution in [3.63, 3.8) is 0 Å². The first-order valence-electron chi connectivity index (χ1n) is 8.70. The number of hydrogen-bond acceptors (Lipinski definition) is 6. The second kappa shape index (κ2) is 8.51. The molecule has 1 saturated heterocycles. The Labute approximate surface area is 157 Å². The average molecular weight is 376 g/mol. The van der Waals surface area contributed by atoms with E-state index in [-0.39, 0.29) is 11.9 Å². The summed E-state index contributed by atoms with van der Waals surface area (Å²) in [6.45, 7) is 3.97. The number of nitrogens with zero attached hydrogens (tertiary/aromatic N) is 2. The number of ether oxygens (including phenoxy) is 3. The Bertz CT molecular complexity index is 762. The molecule has 1 fully saturated rings. The SMILES string of the molecule is CC[C@@H]1COCCN1C(=O)Cc1csc(-c2ccc(OC)c(OC)c2)n1. The minimum atomic E-state index is 0.115. The van der Waals surface area contributed by atoms with Crippen molar-refractivity contribution < 1.29 is 19.0 Å². The van der Waals surface area contributed by atoms with Gasteiger partial charge in [-0.3, -0.25) is 4.79 Å². The number of carbonyl (C=O) groups excluding carboxylic acids is 1. The summed E-state index contributed by atoms with van der Waals surface area (Å²) in [5.41, 5.74) is 1.75. The highest BCUT2D eigenvalue weighted by atomic mass is 32.1. The van der Waals surface area contributed by atoms with Gasteiger partial charge in [-0.15, -0.1) is 11.3 Å². The zero-order valence-electron chi connectivity index (χ0n) is 15.4. The maximum atomic E-state index is 12.7. The lowest BCUT2D eigenvalue weighted by atomic mass is 10.1. The molecule has 2 heterocycles. The second-order valence-electron chi connectivity index (χ2n) is 6.11. The molecule has 7 heteroatoms. The molecule has 1 aliphatic rings. The number of benzene rings is 1. The smallest absolute Gasteiger partial charge is 0.229 e. The van der Waals surface area contributed by atoms with E-state index < -0.39 is 0 Å². The summed E-state index contributed by atoms with van der Waals surface area (Å²) in [7, 11) is 3.22. The predicted molar refractivity (Wildman–Crippen MR) is 101 cm³/mol. The van der Waals surface area contributed by atoms with Gasteiger partial charge < -0.3 is 19.1 Å². The van der Waals surface area contributed by atoms with Gasteiger partial charge in [-0.05, 0) is 24.6 Å². The number of methoxy groups -OCH3 is 2. The number of aromatic nitrogens is 1. The van der Waals surface area contributed by atoms with Crippen molar-refractivity contribution in [2.75, 3.05) is 34.0 Å². The van der Waals surface area contributed by atoms with Crippen LogP contribution in [0.3, 0.4) is 0 Å². The molecule has 0 spiro atoms. The Morgan fingerprint density at radius 1 is 1.35 bits per heavy atom. The Morgan fingerprint density at radius 3 is 2.88 bits per heavy atom. The molecule has 1 atom stereocenters. The highest BCUT2D eigenvalue weighted by Gasteiger charge is 2.26. The molecular weight excluding hydrogens is 352 g/mol. The second-order valence-corrected chi connectivity index (χ2v) is 6.97. The van der Waals surface area contributed by atoms with Gasteiger partial charge in [0.15, 0.2) is 11.5 Å². The van der Waals surface area contributed by atoms with E-state index in [4.69, 9.17) is 14.2 Å². The molecule has 2 aromatic rings. The number of hydrogen-bond donors (Lipinski definition) is 0. The predicted octanol–water partition coefficient (Wildman–Crippen LogP) is 3.01. The van der Waals surface area contributed by atoms with Crippen molar-refractivity contribution in [2.45, 2.75) is 25.8 Å². The van der Waals surface area contributed by atoms with Gasteiger partial charge in [-0.25, -0.2) is 4.98 Å². The molecule has 140 valence electrons. The minimum Gasteiger partial charge on any atom is -0.493 e. The third-order valence-electron chi connectivity index (χ3n) is 4.53. The molecule has 1 aliphatic heterocycles. The van der Waals surface area contributed by atoms with E-state index in [0.717, 1.165) is 22.7 Å². The molecule has 0 unspecified atom stereocenters. The number of amides is 1. The number of rotatable bonds is 6. The molecule has 3 rings (SSSR count). The normalized spacial score (nSPS) is 17.2. The van der Waals surface area contributed by atoms with E-state index >= 15 is 0 Å². The Hall–Kier alpha value is -2.12. The van der Waals surface area contributed by atoms with E-state index in [0.29, 0.717) is 37.7 Å². The topological polar surface area (TPSA) is 60.9 Å². The van der Waals surface area contributed by atoms with Crippen LogP contribution in [0, 0.1) is 0 Å². The van der Waals surface area contributed by atoms with Gasteiger partial charge in [-0.1, -0.05) is 6.92 Å². The van der Waals surface area contributed by atoms with Crippen LogP contribution in [0.2, 0.25) is 0 Å². The molecule has 1 aromatic carbocycles. The van der Waals surface area contributed by atoms with Crippen molar-refractivity contribution in [3.8, 4) is 22.1 Å². The lowest BCUT2D eigenvalue weighted by Crippen LogP contribution is -2.48. The molecule has 6 nitrogen and oxygen atoms in total. The van der Waals surface area contributed by atoms with Crippen molar-refractivity contribution in [1.29, 1.82) is 0 Å². The number of thiazole rings is 1. The molecule has 0 radical (unpaired) electrons. The highest BCUT2D eigenvalue weighted by molar-refractivity contribution is 7.13. The van der Waals surface area contributed by atoms with Crippen LogP contribution >= 0.6 is 11.3 Å². The first kappa shape index (κ1) is 18.7. The summed E-state index contributed by atoms with van der Waals surface area (Å²) in [5, 5.41) is 2.81. The maximum absolute atomic E-state index is 12.7. The first-order chi connectivity index (χ1) is 12.7. The summed E-state index contributed by atoms with van der Waals surface area (Å²) in [6.07, 6.45) is 1.22. The van der Waals surface area contributed by atoms with Crippen molar-refractivity contribution in [2.24, 2.45) is 0 Å². The van der Waals surface area contributed by atoms with Crippen LogP contribution in [-0.4, -0.2) is 55.8 Å². The molecule has 0 N–H and O–H groups in total. The van der Waals surface area contributed by atoms with E-state index in [1.54, 1.807) is 14.2 Å². The van der Waals surface area contributed by atoms with Crippen LogP contribution in [0.1, 0.15) is 19.0 Å². The molecule has 1 aromatic heterocycles. The quantitative estimate of drug-likeness (QED) is 0.776. The molecule has 0 aliphatic carbocycles. The average Bonchev–Trinajstić information content (AvgIpc) is 3.15. The zero-order chi connectivity index (χ0) is 18.5. The van der Waals surface area contributed by atoms with Crippen LogP contribution < -0.4 is 9.47 Å². The third kappa shape index (κ3) is 3.99. The summed E-state index contributed by atoms with van der Waals surface area (Å²) >= 11 is 1.53. The lowest BCUT2D eigenvalue weighted by Gasteiger charge is -2.35. The lowest BCUT2D eigenvalue weighted by molar-refractivity contribution is -0.139. The standard InChI is InChI=1S/C19H24N2O4S/c1-4-15-11-25-8-7-21(15)18(22)10-14-12-26-19(20-14)13-5-6-16(23-2)17(9-13)24-3/h5-6,9,12,15H,4,7-8,10-11H2,1-3H3/t15-/m1/s1. The maximum Gasteiger partial charge on any atom is 0.229 e. The van der Waals surface area contributed by atoms with Crippen LogP contribution in [0.15, 0.2) is 23.6 Å². The monoisotopic (exact) mass is 376 g/mol. The molecule has 26 heavy (non-hydrogen) atoms. The van der Waals surface area contributed by atoms with Gasteiger partial charge in [-0.2, -0.15) is 0 Å². The summed E-state index contributed by atoms with van der Waals surface area (Å²) in [5.74, 6) is 1.46. The van der Waals surface area contributed by atoms with Gasteiger partial charge in [0, 0.05) is 17.5 Å². The van der Waals surface area contributed by atoms with E-state index in [1.807, 2.05) is 28.5 Å². The van der Waals surface area contributed by atoms with Crippen LogP contribution in [0.5, 0.6) is 11.5 Å². The van der Waals surface area contributed by atoms with Gasteiger partial charge in [0.05, 0.1) is 45.6 Å². The Kier molecular flexibility index (Phi) is 6.11. The zero-order valence-corrected chi connectivity index (χ0v) is 16.2. The van der Waals surface area contributed by atoms with E-state index in [9.17, 15) is 4.79 Å². The van der Waals surface area contributed by atoms with E-state index in [2.05, 4.69) is 11.9 Å². The van der Waals surface area contributed by atoms with Gasteiger partial charge >= 0.3 is 0 Å². The van der Waals surface area contributed by atoms with Crippen molar-refractivity contribution in [1.82, 2.24) is 9.88 Å². The highest BCUT2D eigenvalue weighted by Crippen LogP contribution is 2.33. The summed E-state index contributed by atoms with van der Waals surface area (Å²) in [4.78, 5) is 19.2. The molecule has 0 saturated carbocycles. The molecule has 1 amide bonds. The van der Waals surface area contributed by atoms with Crippen LogP contribution in [-0.2, 0) is 16.0 Å². The Morgan fingerprint density at radius 2 is 2.15 bits per heavy atom. The summed E-state index contributed by atoms with van der Waals surface area (Å²) < 4.78 is 16.1. The van der Waals surface area contributed by atoms with Gasteiger partial charge in [0.2, 0.25) is 5.91 Å². The van der Waals surface area contributed by atoms with Crippen LogP contribution in [0.4, 0.5) is 0 Å². The molecule has 0 bridgehead atoms. The Balaban J connectivity index is 1.72. The third-order valence-corrected chi connectivity index (χ3v) is 5.47. The first-order valence-corrected chi connectivity index (χ1v) is 9.58. The minimum absolute atomic E-state index is 0.115. The fraction of sp³-hybridized carbons (Fsp3) is 0.474. The summed E-state index contributed by atoms with van der Waals surface area (Å²) in [6, 6.07) is 5.87. The van der Waals surface area contributed by atoms with Gasteiger partial charge in [0.25, 0.3) is 0 Å². The molecular formula is C19H24N2O4S. The van der Waals surface area contributed by atoms with Gasteiger partial charge in [0.1, 0.15) is 5.01 Å². The largest absolute Gasteiger partial charge is 0.493 e. The van der Waals surface area contributed by atoms with E-state index in [1.165, 1.54) is 11.3 Å². The number of carbonyl (C=O) groups is 1. The fourth-order valence-corrected chi connectivity index (χ4v) is 3.88. The fourth-order valence-electron chi connectivity index (χ4n) is 3.07. The number of morpholine rings is 1. The van der Waals surface area contributed by atoms with Crippen molar-refractivity contribution in [3.05, 3.63) is 29.3 Å². The van der Waals surface area contributed by atoms with Crippen molar-refractivity contribution >= 4 is 17.2 Å².